The molecule has 1 aliphatic rings. The molecule has 120 valence electrons. The number of carboxylic acid groups (broad SMARTS) is 2. The minimum Gasteiger partial charge on any atom is -0.481 e. The highest BCUT2D eigenvalue weighted by Gasteiger charge is 2.28. The van der Waals surface area contributed by atoms with Crippen molar-refractivity contribution in [2.75, 3.05) is 18.8 Å². The highest BCUT2D eigenvalue weighted by molar-refractivity contribution is 8.00. The molecule has 1 heterocycles. The first-order valence-corrected chi connectivity index (χ1v) is 7.84. The molecule has 1 fully saturated rings. The fourth-order valence-corrected chi connectivity index (χ4v) is 3.09. The second-order valence-electron chi connectivity index (χ2n) is 5.62. The maximum Gasteiger partial charge on any atom is 0.326 e. The number of urea groups is 1. The molecule has 1 unspecified atom stereocenters. The lowest BCUT2D eigenvalue weighted by Crippen LogP contribution is -2.48. The Labute approximate surface area is 128 Å². The number of carboxylic acids is 2. The third-order valence-corrected chi connectivity index (χ3v) is 4.74. The molecule has 1 saturated heterocycles. The van der Waals surface area contributed by atoms with Crippen molar-refractivity contribution in [3.8, 4) is 0 Å². The molecule has 0 aromatic rings. The van der Waals surface area contributed by atoms with Crippen LogP contribution in [0.25, 0.3) is 0 Å². The summed E-state index contributed by atoms with van der Waals surface area (Å²) in [6.07, 6.45) is 0.419. The molecular formula is C13H22N2O5S. The summed E-state index contributed by atoms with van der Waals surface area (Å²) in [5, 5.41) is 20.1. The first kappa shape index (κ1) is 17.6. The molecular weight excluding hydrogens is 296 g/mol. The number of carbonyl (C=O) groups excluding carboxylic acids is 1. The summed E-state index contributed by atoms with van der Waals surface area (Å²) in [5.41, 5.74) is 0. The number of hydrogen-bond acceptors (Lipinski definition) is 4. The summed E-state index contributed by atoms with van der Waals surface area (Å²) in [4.78, 5) is 35.3. The topological polar surface area (TPSA) is 107 Å². The van der Waals surface area contributed by atoms with Gasteiger partial charge in [-0.2, -0.15) is 11.8 Å². The zero-order valence-corrected chi connectivity index (χ0v) is 13.1. The Bertz CT molecular complexity index is 413. The van der Waals surface area contributed by atoms with Crippen molar-refractivity contribution in [2.45, 2.75) is 43.9 Å². The van der Waals surface area contributed by atoms with E-state index >= 15 is 0 Å². The minimum absolute atomic E-state index is 0.102. The number of rotatable bonds is 5. The van der Waals surface area contributed by atoms with E-state index in [0.717, 1.165) is 12.2 Å². The highest BCUT2D eigenvalue weighted by Crippen LogP contribution is 2.30. The van der Waals surface area contributed by atoms with Crippen LogP contribution in [0.1, 0.15) is 33.1 Å². The summed E-state index contributed by atoms with van der Waals surface area (Å²) in [6, 6.07) is -1.61. The molecule has 0 spiro atoms. The Kier molecular flexibility index (Phi) is 6.32. The van der Waals surface area contributed by atoms with Gasteiger partial charge in [0.1, 0.15) is 6.04 Å². The van der Waals surface area contributed by atoms with E-state index in [1.165, 1.54) is 0 Å². The molecule has 1 atom stereocenters. The van der Waals surface area contributed by atoms with Gasteiger partial charge >= 0.3 is 18.0 Å². The molecule has 0 radical (unpaired) electrons. The Morgan fingerprint density at radius 3 is 2.52 bits per heavy atom. The molecule has 2 amide bonds. The van der Waals surface area contributed by atoms with Crippen molar-refractivity contribution < 1.29 is 24.6 Å². The third-order valence-electron chi connectivity index (χ3n) is 3.37. The lowest BCUT2D eigenvalue weighted by molar-refractivity contribution is -0.140. The van der Waals surface area contributed by atoms with Gasteiger partial charge in [0.25, 0.3) is 0 Å². The molecule has 7 nitrogen and oxygen atoms in total. The largest absolute Gasteiger partial charge is 0.481 e. The molecule has 0 aromatic carbocycles. The summed E-state index contributed by atoms with van der Waals surface area (Å²) in [7, 11) is 0. The summed E-state index contributed by atoms with van der Waals surface area (Å²) >= 11 is 1.79. The average molecular weight is 318 g/mol. The predicted molar refractivity (Wildman–Crippen MR) is 79.6 cm³/mol. The first-order chi connectivity index (χ1) is 9.71. The van der Waals surface area contributed by atoms with Crippen LogP contribution in [0.4, 0.5) is 4.79 Å². The Hall–Kier alpha value is -1.44. The number of amides is 2. The number of aliphatic carboxylic acids is 2. The fourth-order valence-electron chi connectivity index (χ4n) is 1.99. The third kappa shape index (κ3) is 6.24. The molecule has 0 aliphatic carbocycles. The second kappa shape index (κ2) is 7.53. The van der Waals surface area contributed by atoms with E-state index in [2.05, 4.69) is 19.2 Å². The highest BCUT2D eigenvalue weighted by atomic mass is 32.2. The molecule has 21 heavy (non-hydrogen) atoms. The quantitative estimate of drug-likeness (QED) is 0.704. The number of nitrogens with zero attached hydrogens (tertiary/aromatic N) is 1. The zero-order valence-electron chi connectivity index (χ0n) is 12.3. The molecule has 0 bridgehead atoms. The molecule has 0 saturated carbocycles. The van der Waals surface area contributed by atoms with Gasteiger partial charge in [-0.05, 0) is 12.8 Å². The number of carbonyl (C=O) groups is 3. The molecule has 1 rings (SSSR count). The van der Waals surface area contributed by atoms with E-state index in [1.54, 1.807) is 16.7 Å². The van der Waals surface area contributed by atoms with Crippen molar-refractivity contribution in [1.29, 1.82) is 0 Å². The lowest BCUT2D eigenvalue weighted by Gasteiger charge is -2.24. The fraction of sp³-hybridized carbons (Fsp3) is 0.769. The smallest absolute Gasteiger partial charge is 0.326 e. The van der Waals surface area contributed by atoms with Crippen molar-refractivity contribution in [2.24, 2.45) is 0 Å². The van der Waals surface area contributed by atoms with E-state index in [4.69, 9.17) is 10.2 Å². The van der Waals surface area contributed by atoms with E-state index in [0.29, 0.717) is 13.1 Å². The zero-order chi connectivity index (χ0) is 16.0. The van der Waals surface area contributed by atoms with E-state index < -0.39 is 24.0 Å². The van der Waals surface area contributed by atoms with E-state index in [1.807, 2.05) is 0 Å². The van der Waals surface area contributed by atoms with Crippen LogP contribution in [-0.2, 0) is 9.59 Å². The van der Waals surface area contributed by atoms with Gasteiger partial charge in [0.05, 0.1) is 0 Å². The van der Waals surface area contributed by atoms with Crippen LogP contribution in [0.15, 0.2) is 0 Å². The maximum atomic E-state index is 12.1. The van der Waals surface area contributed by atoms with Gasteiger partial charge in [0.15, 0.2) is 0 Å². The van der Waals surface area contributed by atoms with Crippen LogP contribution in [0, 0.1) is 0 Å². The van der Waals surface area contributed by atoms with Crippen LogP contribution in [-0.4, -0.2) is 62.7 Å². The Balaban J connectivity index is 2.56. The molecule has 8 heteroatoms. The minimum atomic E-state index is -1.21. The molecule has 0 aromatic heterocycles. The van der Waals surface area contributed by atoms with Gasteiger partial charge in [0.2, 0.25) is 0 Å². The van der Waals surface area contributed by atoms with Gasteiger partial charge in [-0.3, -0.25) is 4.79 Å². The Morgan fingerprint density at radius 1 is 1.29 bits per heavy atom. The molecule has 3 N–H and O–H groups in total. The SMILES string of the molecule is CC1(C)CCN(C(=O)NC(CCC(=O)O)C(=O)O)CCS1. The summed E-state index contributed by atoms with van der Waals surface area (Å²) < 4.78 is 0.102. The van der Waals surface area contributed by atoms with Crippen molar-refractivity contribution >= 4 is 29.7 Å². The van der Waals surface area contributed by atoms with Crippen molar-refractivity contribution in [1.82, 2.24) is 10.2 Å². The van der Waals surface area contributed by atoms with Crippen LogP contribution < -0.4 is 5.32 Å². The standard InChI is InChI=1S/C13H22N2O5S/c1-13(2)5-6-15(7-8-21-13)12(20)14-9(11(18)19)3-4-10(16)17/h9H,3-8H2,1-2H3,(H,14,20)(H,16,17)(H,18,19). The number of thioether (sulfide) groups is 1. The summed E-state index contributed by atoms with van der Waals surface area (Å²) in [5.74, 6) is -1.50. The Morgan fingerprint density at radius 2 is 1.95 bits per heavy atom. The predicted octanol–water partition coefficient (Wildman–Crippen LogP) is 1.23. The normalized spacial score (nSPS) is 19.4. The second-order valence-corrected chi connectivity index (χ2v) is 7.42. The van der Waals surface area contributed by atoms with Gasteiger partial charge in [-0.25, -0.2) is 9.59 Å². The number of nitrogens with one attached hydrogen (secondary N) is 1. The number of hydrogen-bond donors (Lipinski definition) is 3. The van der Waals surface area contributed by atoms with Gasteiger partial charge in [-0.15, -0.1) is 0 Å². The molecule has 1 aliphatic heterocycles. The van der Waals surface area contributed by atoms with Crippen LogP contribution >= 0.6 is 11.8 Å². The lowest BCUT2D eigenvalue weighted by atomic mass is 10.1. The van der Waals surface area contributed by atoms with E-state index in [9.17, 15) is 14.4 Å². The van der Waals surface area contributed by atoms with Crippen LogP contribution in [0.3, 0.4) is 0 Å². The van der Waals surface area contributed by atoms with Crippen molar-refractivity contribution in [3.63, 3.8) is 0 Å². The summed E-state index contributed by atoms with van der Waals surface area (Å²) in [6.45, 7) is 5.36. The van der Waals surface area contributed by atoms with Gasteiger partial charge in [-0.1, -0.05) is 13.8 Å². The monoisotopic (exact) mass is 318 g/mol. The first-order valence-electron chi connectivity index (χ1n) is 6.85. The van der Waals surface area contributed by atoms with E-state index in [-0.39, 0.29) is 17.6 Å². The maximum absolute atomic E-state index is 12.1. The van der Waals surface area contributed by atoms with Gasteiger partial charge < -0.3 is 20.4 Å². The van der Waals surface area contributed by atoms with Gasteiger partial charge in [0, 0.05) is 30.0 Å². The van der Waals surface area contributed by atoms with Crippen LogP contribution in [0.2, 0.25) is 0 Å². The van der Waals surface area contributed by atoms with Crippen LogP contribution in [0.5, 0.6) is 0 Å². The van der Waals surface area contributed by atoms with Crippen molar-refractivity contribution in [3.05, 3.63) is 0 Å². The average Bonchev–Trinajstić information content (AvgIpc) is 2.54.